The lowest BCUT2D eigenvalue weighted by Crippen LogP contribution is -2.23. The average molecular weight is 216 g/mol. The van der Waals surface area contributed by atoms with Crippen LogP contribution in [0.4, 0.5) is 0 Å². The van der Waals surface area contributed by atoms with E-state index in [2.05, 4.69) is 4.99 Å². The topological polar surface area (TPSA) is 58.6 Å². The van der Waals surface area contributed by atoms with E-state index in [0.717, 1.165) is 28.8 Å². The maximum Gasteiger partial charge on any atom is 0.168 e. The smallest absolute Gasteiger partial charge is 0.168 e. The Kier molecular flexibility index (Phi) is 3.17. The highest BCUT2D eigenvalue weighted by atomic mass is 16.3. The Morgan fingerprint density at radius 1 is 1.38 bits per heavy atom. The summed E-state index contributed by atoms with van der Waals surface area (Å²) in [7, 11) is 0. The Balaban J connectivity index is 2.44. The Labute approximate surface area is 95.3 Å². The van der Waals surface area contributed by atoms with E-state index < -0.39 is 6.23 Å². The summed E-state index contributed by atoms with van der Waals surface area (Å²) < 4.78 is 0. The molecule has 0 aliphatic carbocycles. The highest BCUT2D eigenvalue weighted by molar-refractivity contribution is 5.95. The highest BCUT2D eigenvalue weighted by Crippen LogP contribution is 2.28. The van der Waals surface area contributed by atoms with Crippen LogP contribution < -0.4 is 5.73 Å². The molecule has 1 unspecified atom stereocenters. The van der Waals surface area contributed by atoms with Gasteiger partial charge >= 0.3 is 0 Å². The SMILES string of the molecule is CC1=NC(O)C(CN)=C(c2ccccc2)C1. The van der Waals surface area contributed by atoms with Gasteiger partial charge in [-0.05, 0) is 23.6 Å². The highest BCUT2D eigenvalue weighted by Gasteiger charge is 2.20. The summed E-state index contributed by atoms with van der Waals surface area (Å²) >= 11 is 0. The molecule has 0 spiro atoms. The normalized spacial score (nSPS) is 20.9. The molecule has 0 bridgehead atoms. The van der Waals surface area contributed by atoms with Gasteiger partial charge in [0.15, 0.2) is 6.23 Å². The predicted molar refractivity (Wildman–Crippen MR) is 66.1 cm³/mol. The second-order valence-corrected chi connectivity index (χ2v) is 3.99. The van der Waals surface area contributed by atoms with Crippen molar-refractivity contribution in [2.75, 3.05) is 6.54 Å². The third kappa shape index (κ3) is 2.05. The van der Waals surface area contributed by atoms with Gasteiger partial charge in [-0.2, -0.15) is 0 Å². The van der Waals surface area contributed by atoms with Crippen molar-refractivity contribution in [1.82, 2.24) is 0 Å². The maximum atomic E-state index is 9.85. The molecular weight excluding hydrogens is 200 g/mol. The van der Waals surface area contributed by atoms with Crippen molar-refractivity contribution < 1.29 is 5.11 Å². The van der Waals surface area contributed by atoms with Gasteiger partial charge in [-0.25, -0.2) is 0 Å². The standard InChI is InChI=1S/C13H16N2O/c1-9-7-11(10-5-3-2-4-6-10)12(8-14)13(16)15-9/h2-6,13,16H,7-8,14H2,1H3. The van der Waals surface area contributed by atoms with Gasteiger partial charge in [0.2, 0.25) is 0 Å². The van der Waals surface area contributed by atoms with E-state index in [4.69, 9.17) is 5.73 Å². The van der Waals surface area contributed by atoms with Crippen LogP contribution in [0.2, 0.25) is 0 Å². The second-order valence-electron chi connectivity index (χ2n) is 3.99. The van der Waals surface area contributed by atoms with Crippen LogP contribution >= 0.6 is 0 Å². The van der Waals surface area contributed by atoms with Gasteiger partial charge in [0.05, 0.1) is 0 Å². The molecule has 0 radical (unpaired) electrons. The summed E-state index contributed by atoms with van der Waals surface area (Å²) in [5.74, 6) is 0. The number of hydrogen-bond acceptors (Lipinski definition) is 3. The van der Waals surface area contributed by atoms with Crippen molar-refractivity contribution in [3.8, 4) is 0 Å². The number of aliphatic hydroxyl groups excluding tert-OH is 1. The first-order chi connectivity index (χ1) is 7.72. The molecule has 0 aromatic heterocycles. The molecule has 3 nitrogen and oxygen atoms in total. The van der Waals surface area contributed by atoms with Crippen molar-refractivity contribution >= 4 is 11.3 Å². The first kappa shape index (κ1) is 11.0. The van der Waals surface area contributed by atoms with Crippen LogP contribution in [0.1, 0.15) is 18.9 Å². The minimum absolute atomic E-state index is 0.349. The van der Waals surface area contributed by atoms with Gasteiger partial charge in [-0.3, -0.25) is 4.99 Å². The minimum atomic E-state index is -0.769. The van der Waals surface area contributed by atoms with Crippen LogP contribution in [0.25, 0.3) is 5.57 Å². The Hall–Kier alpha value is -1.45. The number of nitrogens with zero attached hydrogens (tertiary/aromatic N) is 1. The van der Waals surface area contributed by atoms with Gasteiger partial charge in [0.25, 0.3) is 0 Å². The first-order valence-corrected chi connectivity index (χ1v) is 5.41. The molecule has 3 N–H and O–H groups in total. The molecule has 0 saturated heterocycles. The fourth-order valence-corrected chi connectivity index (χ4v) is 2.01. The number of rotatable bonds is 2. The lowest BCUT2D eigenvalue weighted by molar-refractivity contribution is 0.218. The van der Waals surface area contributed by atoms with Gasteiger partial charge in [0.1, 0.15) is 0 Å². The Morgan fingerprint density at radius 2 is 2.06 bits per heavy atom. The van der Waals surface area contributed by atoms with Crippen LogP contribution in [0.15, 0.2) is 40.9 Å². The first-order valence-electron chi connectivity index (χ1n) is 5.41. The predicted octanol–water partition coefficient (Wildman–Crippen LogP) is 1.58. The number of aliphatic hydroxyl groups is 1. The molecule has 1 heterocycles. The molecule has 0 amide bonds. The van der Waals surface area contributed by atoms with Crippen LogP contribution in [-0.2, 0) is 0 Å². The van der Waals surface area contributed by atoms with Crippen molar-refractivity contribution in [2.24, 2.45) is 10.7 Å². The van der Waals surface area contributed by atoms with E-state index >= 15 is 0 Å². The van der Waals surface area contributed by atoms with Crippen molar-refractivity contribution in [3.63, 3.8) is 0 Å². The molecule has 0 fully saturated rings. The largest absolute Gasteiger partial charge is 0.368 e. The van der Waals surface area contributed by atoms with E-state index in [1.54, 1.807) is 0 Å². The number of dihydropyridines is 1. The van der Waals surface area contributed by atoms with E-state index in [1.165, 1.54) is 0 Å². The number of hydrogen-bond donors (Lipinski definition) is 2. The van der Waals surface area contributed by atoms with Crippen molar-refractivity contribution in [3.05, 3.63) is 41.5 Å². The number of nitrogens with two attached hydrogens (primary N) is 1. The van der Waals surface area contributed by atoms with E-state index in [-0.39, 0.29) is 0 Å². The van der Waals surface area contributed by atoms with E-state index in [9.17, 15) is 5.11 Å². The molecule has 3 heteroatoms. The second kappa shape index (κ2) is 4.60. The number of benzene rings is 1. The van der Waals surface area contributed by atoms with Gasteiger partial charge in [-0.1, -0.05) is 30.3 Å². The Bertz CT molecular complexity index is 435. The molecule has 1 aromatic rings. The zero-order chi connectivity index (χ0) is 11.5. The fourth-order valence-electron chi connectivity index (χ4n) is 2.01. The number of allylic oxidation sites excluding steroid dienone is 1. The maximum absolute atomic E-state index is 9.85. The molecule has 84 valence electrons. The zero-order valence-electron chi connectivity index (χ0n) is 9.35. The quantitative estimate of drug-likeness (QED) is 0.788. The lowest BCUT2D eigenvalue weighted by atomic mass is 9.92. The van der Waals surface area contributed by atoms with Gasteiger partial charge in [0, 0.05) is 18.7 Å². The summed E-state index contributed by atoms with van der Waals surface area (Å²) in [4.78, 5) is 4.15. The van der Waals surface area contributed by atoms with Crippen LogP contribution in [-0.4, -0.2) is 23.6 Å². The molecule has 1 aliphatic heterocycles. The molecule has 2 rings (SSSR count). The molecule has 1 atom stereocenters. The summed E-state index contributed by atoms with van der Waals surface area (Å²) in [6, 6.07) is 10.0. The summed E-state index contributed by atoms with van der Waals surface area (Å²) in [6.45, 7) is 2.28. The average Bonchev–Trinajstić information content (AvgIpc) is 2.29. The molecule has 1 aromatic carbocycles. The van der Waals surface area contributed by atoms with Crippen molar-refractivity contribution in [1.29, 1.82) is 0 Å². The molecule has 1 aliphatic rings. The summed E-state index contributed by atoms with van der Waals surface area (Å²) in [5, 5.41) is 9.85. The lowest BCUT2D eigenvalue weighted by Gasteiger charge is -2.22. The van der Waals surface area contributed by atoms with Crippen LogP contribution in [0, 0.1) is 0 Å². The number of aliphatic imine (C=N–C) groups is 1. The minimum Gasteiger partial charge on any atom is -0.368 e. The Morgan fingerprint density at radius 3 is 2.69 bits per heavy atom. The monoisotopic (exact) mass is 216 g/mol. The molecular formula is C13H16N2O. The van der Waals surface area contributed by atoms with Crippen molar-refractivity contribution in [2.45, 2.75) is 19.6 Å². The van der Waals surface area contributed by atoms with E-state index in [1.807, 2.05) is 37.3 Å². The third-order valence-corrected chi connectivity index (χ3v) is 2.82. The fraction of sp³-hybridized carbons (Fsp3) is 0.308. The van der Waals surface area contributed by atoms with Gasteiger partial charge < -0.3 is 10.8 Å². The van der Waals surface area contributed by atoms with Crippen LogP contribution in [0.5, 0.6) is 0 Å². The molecule has 0 saturated carbocycles. The zero-order valence-corrected chi connectivity index (χ0v) is 9.35. The third-order valence-electron chi connectivity index (χ3n) is 2.82. The summed E-state index contributed by atoms with van der Waals surface area (Å²) in [6.07, 6.45) is 0.00195. The van der Waals surface area contributed by atoms with Crippen LogP contribution in [0.3, 0.4) is 0 Å². The summed E-state index contributed by atoms with van der Waals surface area (Å²) in [5.41, 5.74) is 9.69. The van der Waals surface area contributed by atoms with E-state index in [0.29, 0.717) is 6.54 Å². The molecule has 16 heavy (non-hydrogen) atoms. The van der Waals surface area contributed by atoms with Gasteiger partial charge in [-0.15, -0.1) is 0 Å².